The Kier molecular flexibility index (Phi) is 3.57. The molecule has 7 heteroatoms. The molecule has 1 atom stereocenters. The van der Waals surface area contributed by atoms with Crippen LogP contribution in [0.3, 0.4) is 0 Å². The number of hydrogen-bond donors (Lipinski definition) is 2. The SMILES string of the molecule is O=C(O)Cc1csc(NC(=O)C2COc3ccccc32)n1. The quantitative estimate of drug-likeness (QED) is 0.900. The number of rotatable bonds is 4. The molecule has 0 fully saturated rings. The van der Waals surface area contributed by atoms with Gasteiger partial charge < -0.3 is 15.2 Å². The van der Waals surface area contributed by atoms with E-state index in [1.807, 2.05) is 24.3 Å². The van der Waals surface area contributed by atoms with Crippen molar-refractivity contribution in [3.63, 3.8) is 0 Å². The number of nitrogens with one attached hydrogen (secondary N) is 1. The molecule has 1 aliphatic rings. The van der Waals surface area contributed by atoms with Crippen LogP contribution in [0, 0.1) is 0 Å². The maximum absolute atomic E-state index is 12.3. The molecule has 1 aromatic carbocycles. The van der Waals surface area contributed by atoms with E-state index in [4.69, 9.17) is 9.84 Å². The molecule has 1 aromatic heterocycles. The van der Waals surface area contributed by atoms with Gasteiger partial charge >= 0.3 is 5.97 Å². The highest BCUT2D eigenvalue weighted by Gasteiger charge is 2.30. The van der Waals surface area contributed by atoms with E-state index in [0.717, 1.165) is 11.3 Å². The summed E-state index contributed by atoms with van der Waals surface area (Å²) in [7, 11) is 0. The minimum Gasteiger partial charge on any atom is -0.492 e. The summed E-state index contributed by atoms with van der Waals surface area (Å²) in [5, 5.41) is 13.4. The van der Waals surface area contributed by atoms with Crippen molar-refractivity contribution in [2.24, 2.45) is 0 Å². The normalized spacial score (nSPS) is 16.1. The molecular formula is C14H12N2O4S. The molecule has 2 aromatic rings. The lowest BCUT2D eigenvalue weighted by molar-refractivity contribution is -0.136. The Labute approximate surface area is 124 Å². The van der Waals surface area contributed by atoms with Gasteiger partial charge in [-0.05, 0) is 6.07 Å². The summed E-state index contributed by atoms with van der Waals surface area (Å²) in [4.78, 5) is 27.0. The third kappa shape index (κ3) is 2.87. The first-order valence-corrected chi connectivity index (χ1v) is 7.20. The van der Waals surface area contributed by atoms with E-state index < -0.39 is 5.97 Å². The van der Waals surface area contributed by atoms with Crippen LogP contribution >= 0.6 is 11.3 Å². The molecule has 2 heterocycles. The van der Waals surface area contributed by atoms with Gasteiger partial charge in [0.05, 0.1) is 12.1 Å². The molecular weight excluding hydrogens is 292 g/mol. The molecule has 1 unspecified atom stereocenters. The number of amides is 1. The molecule has 3 rings (SSSR count). The maximum Gasteiger partial charge on any atom is 0.309 e. The molecule has 0 saturated carbocycles. The van der Waals surface area contributed by atoms with E-state index in [0.29, 0.717) is 17.4 Å². The van der Waals surface area contributed by atoms with Crippen molar-refractivity contribution in [1.82, 2.24) is 4.98 Å². The number of aromatic nitrogens is 1. The van der Waals surface area contributed by atoms with Gasteiger partial charge in [-0.2, -0.15) is 0 Å². The lowest BCUT2D eigenvalue weighted by Gasteiger charge is -2.07. The summed E-state index contributed by atoms with van der Waals surface area (Å²) in [5.74, 6) is -0.788. The van der Waals surface area contributed by atoms with Crippen molar-refractivity contribution in [2.75, 3.05) is 11.9 Å². The topological polar surface area (TPSA) is 88.5 Å². The van der Waals surface area contributed by atoms with Gasteiger partial charge in [0.1, 0.15) is 18.3 Å². The van der Waals surface area contributed by atoms with Crippen molar-refractivity contribution < 1.29 is 19.4 Å². The predicted octanol–water partition coefficient (Wildman–Crippen LogP) is 1.88. The van der Waals surface area contributed by atoms with Crippen molar-refractivity contribution in [2.45, 2.75) is 12.3 Å². The first-order valence-electron chi connectivity index (χ1n) is 6.32. The van der Waals surface area contributed by atoms with Crippen LogP contribution in [-0.2, 0) is 16.0 Å². The second-order valence-corrected chi connectivity index (χ2v) is 5.46. The first-order chi connectivity index (χ1) is 10.1. The molecule has 0 saturated heterocycles. The van der Waals surface area contributed by atoms with Crippen LogP contribution in [0.25, 0.3) is 0 Å². The number of fused-ring (bicyclic) bond motifs is 1. The minimum atomic E-state index is -0.948. The molecule has 108 valence electrons. The summed E-state index contributed by atoms with van der Waals surface area (Å²) < 4.78 is 5.47. The smallest absolute Gasteiger partial charge is 0.309 e. The zero-order valence-electron chi connectivity index (χ0n) is 10.9. The summed E-state index contributed by atoms with van der Waals surface area (Å²) in [6.07, 6.45) is -0.151. The average Bonchev–Trinajstić information content (AvgIpc) is 3.04. The molecule has 1 amide bonds. The van der Waals surface area contributed by atoms with Crippen LogP contribution in [0.1, 0.15) is 17.2 Å². The van der Waals surface area contributed by atoms with Crippen LogP contribution in [0.5, 0.6) is 5.75 Å². The van der Waals surface area contributed by atoms with Crippen LogP contribution < -0.4 is 10.1 Å². The number of carboxylic acids is 1. The number of anilines is 1. The highest BCUT2D eigenvalue weighted by molar-refractivity contribution is 7.13. The molecule has 21 heavy (non-hydrogen) atoms. The third-order valence-electron chi connectivity index (χ3n) is 3.13. The lowest BCUT2D eigenvalue weighted by atomic mass is 10.0. The van der Waals surface area contributed by atoms with Crippen molar-refractivity contribution in [3.05, 3.63) is 40.9 Å². The number of thiazole rings is 1. The van der Waals surface area contributed by atoms with E-state index in [1.54, 1.807) is 5.38 Å². The van der Waals surface area contributed by atoms with E-state index >= 15 is 0 Å². The largest absolute Gasteiger partial charge is 0.492 e. The van der Waals surface area contributed by atoms with Gasteiger partial charge in [0.2, 0.25) is 5.91 Å². The molecule has 0 spiro atoms. The highest BCUT2D eigenvalue weighted by Crippen LogP contribution is 2.34. The zero-order valence-corrected chi connectivity index (χ0v) is 11.7. The molecule has 2 N–H and O–H groups in total. The van der Waals surface area contributed by atoms with Crippen LogP contribution in [0.2, 0.25) is 0 Å². The first kappa shape index (κ1) is 13.6. The lowest BCUT2D eigenvalue weighted by Crippen LogP contribution is -2.22. The third-order valence-corrected chi connectivity index (χ3v) is 3.94. The fraction of sp³-hybridized carbons (Fsp3) is 0.214. The minimum absolute atomic E-state index is 0.151. The second kappa shape index (κ2) is 5.53. The van der Waals surface area contributed by atoms with Gasteiger partial charge in [-0.1, -0.05) is 18.2 Å². The summed E-state index contributed by atoms with van der Waals surface area (Å²) in [5.41, 5.74) is 1.29. The van der Waals surface area contributed by atoms with Crippen LogP contribution in [0.15, 0.2) is 29.6 Å². The van der Waals surface area contributed by atoms with Gasteiger partial charge in [0.25, 0.3) is 0 Å². The summed E-state index contributed by atoms with van der Waals surface area (Å²) >= 11 is 1.21. The van der Waals surface area contributed by atoms with Crippen molar-refractivity contribution in [1.29, 1.82) is 0 Å². The van der Waals surface area contributed by atoms with Crippen LogP contribution in [0.4, 0.5) is 5.13 Å². The van der Waals surface area contributed by atoms with Gasteiger partial charge in [-0.15, -0.1) is 11.3 Å². The Morgan fingerprint density at radius 2 is 2.24 bits per heavy atom. The van der Waals surface area contributed by atoms with Crippen LogP contribution in [-0.4, -0.2) is 28.6 Å². The van der Waals surface area contributed by atoms with E-state index in [9.17, 15) is 9.59 Å². The van der Waals surface area contributed by atoms with E-state index in [-0.39, 0.29) is 18.2 Å². The average molecular weight is 304 g/mol. The standard InChI is InChI=1S/C14H12N2O4S/c17-12(18)5-8-7-21-14(15-8)16-13(19)10-6-20-11-4-2-1-3-9(10)11/h1-4,7,10H,5-6H2,(H,17,18)(H,15,16,19). The molecule has 6 nitrogen and oxygen atoms in total. The summed E-state index contributed by atoms with van der Waals surface area (Å²) in [6, 6.07) is 7.42. The van der Waals surface area contributed by atoms with Gasteiger partial charge in [-0.3, -0.25) is 9.59 Å². The van der Waals surface area contributed by atoms with Crippen molar-refractivity contribution in [3.8, 4) is 5.75 Å². The number of ether oxygens (including phenoxy) is 1. The number of carboxylic acid groups (broad SMARTS) is 1. The molecule has 1 aliphatic heterocycles. The fourth-order valence-electron chi connectivity index (χ4n) is 2.17. The fourth-order valence-corrected chi connectivity index (χ4v) is 2.89. The second-order valence-electron chi connectivity index (χ2n) is 4.61. The number of benzene rings is 1. The number of carbonyl (C=O) groups excluding carboxylic acids is 1. The zero-order chi connectivity index (χ0) is 14.8. The molecule has 0 radical (unpaired) electrons. The van der Waals surface area contributed by atoms with Gasteiger partial charge in [0, 0.05) is 10.9 Å². The molecule has 0 aliphatic carbocycles. The number of hydrogen-bond acceptors (Lipinski definition) is 5. The monoisotopic (exact) mass is 304 g/mol. The Hall–Kier alpha value is -2.41. The van der Waals surface area contributed by atoms with E-state index in [1.165, 1.54) is 11.3 Å². The maximum atomic E-state index is 12.3. The van der Waals surface area contributed by atoms with E-state index in [2.05, 4.69) is 10.3 Å². The van der Waals surface area contributed by atoms with Gasteiger partial charge in [-0.25, -0.2) is 4.98 Å². The number of para-hydroxylation sites is 1. The van der Waals surface area contributed by atoms with Crippen molar-refractivity contribution >= 4 is 28.3 Å². The number of aliphatic carboxylic acids is 1. The van der Waals surface area contributed by atoms with Gasteiger partial charge in [0.15, 0.2) is 5.13 Å². The highest BCUT2D eigenvalue weighted by atomic mass is 32.1. The summed E-state index contributed by atoms with van der Waals surface area (Å²) in [6.45, 7) is 0.304. The molecule has 0 bridgehead atoms. The predicted molar refractivity (Wildman–Crippen MR) is 76.8 cm³/mol. The Bertz CT molecular complexity index is 698. The Balaban J connectivity index is 1.70. The number of nitrogens with zero attached hydrogens (tertiary/aromatic N) is 1. The Morgan fingerprint density at radius 1 is 1.43 bits per heavy atom. The number of carbonyl (C=O) groups is 2. The Morgan fingerprint density at radius 3 is 3.05 bits per heavy atom.